The molecule has 3 fully saturated rings. The normalized spacial score (nSPS) is 29.8. The standard InChI is InChI=1S/C30H33ClN2O6/c1-3-16-32(22-13-9-8-12-21(22)31)27(36)25-30-15-14-29(4-2,39-30)24(28(37)38)23(30)26(35)33(25)20(18-34)17-19-10-6-5-7-11-19/h3,5-13,20,23-25,34H,1,4,14-18H2,2H3,(H,37,38)/t20-,23+,24-,25?,29+,30?/m1/s1. The highest BCUT2D eigenvalue weighted by Gasteiger charge is 2.79. The molecule has 2 unspecified atom stereocenters. The maximum Gasteiger partial charge on any atom is 0.310 e. The molecule has 2 aromatic rings. The van der Waals surface area contributed by atoms with Crippen LogP contribution in [0.4, 0.5) is 5.69 Å². The van der Waals surface area contributed by atoms with Crippen molar-refractivity contribution >= 4 is 35.1 Å². The second-order valence-corrected chi connectivity index (χ2v) is 11.0. The van der Waals surface area contributed by atoms with Crippen molar-refractivity contribution in [1.82, 2.24) is 4.90 Å². The molecule has 1 spiro atoms. The van der Waals surface area contributed by atoms with Gasteiger partial charge in [-0.2, -0.15) is 0 Å². The van der Waals surface area contributed by atoms with E-state index < -0.39 is 59.5 Å². The number of fused-ring (bicyclic) bond motifs is 1. The number of para-hydroxylation sites is 1. The molecule has 2 bridgehead atoms. The number of aliphatic hydroxyl groups excluding tert-OH is 1. The monoisotopic (exact) mass is 552 g/mol. The van der Waals surface area contributed by atoms with Crippen LogP contribution >= 0.6 is 11.6 Å². The van der Waals surface area contributed by atoms with E-state index in [1.807, 2.05) is 37.3 Å². The smallest absolute Gasteiger partial charge is 0.310 e. The molecule has 0 aliphatic carbocycles. The fraction of sp³-hybridized carbons (Fsp3) is 0.433. The van der Waals surface area contributed by atoms with Crippen molar-refractivity contribution in [3.05, 3.63) is 77.8 Å². The van der Waals surface area contributed by atoms with Gasteiger partial charge in [0.1, 0.15) is 17.6 Å². The molecule has 0 aromatic heterocycles. The Morgan fingerprint density at radius 2 is 1.90 bits per heavy atom. The van der Waals surface area contributed by atoms with Gasteiger partial charge in [0.25, 0.3) is 5.91 Å². The van der Waals surface area contributed by atoms with Gasteiger partial charge in [-0.05, 0) is 43.4 Å². The quantitative estimate of drug-likeness (QED) is 0.435. The van der Waals surface area contributed by atoms with Crippen LogP contribution in [-0.4, -0.2) is 69.3 Å². The molecule has 2 amide bonds. The van der Waals surface area contributed by atoms with Crippen LogP contribution in [-0.2, 0) is 25.5 Å². The third kappa shape index (κ3) is 4.17. The molecule has 2 N–H and O–H groups in total. The molecule has 3 heterocycles. The Kier molecular flexibility index (Phi) is 7.31. The number of amides is 2. The van der Waals surface area contributed by atoms with E-state index in [1.165, 1.54) is 9.80 Å². The van der Waals surface area contributed by atoms with E-state index in [2.05, 4.69) is 6.58 Å². The lowest BCUT2D eigenvalue weighted by Gasteiger charge is -2.39. The zero-order valence-corrected chi connectivity index (χ0v) is 22.6. The van der Waals surface area contributed by atoms with E-state index in [0.717, 1.165) is 5.56 Å². The van der Waals surface area contributed by atoms with Gasteiger partial charge in [-0.3, -0.25) is 14.4 Å². The molecule has 206 valence electrons. The van der Waals surface area contributed by atoms with Crippen LogP contribution in [0.25, 0.3) is 0 Å². The molecule has 2 aromatic carbocycles. The first-order valence-electron chi connectivity index (χ1n) is 13.3. The van der Waals surface area contributed by atoms with Gasteiger partial charge in [0.05, 0.1) is 34.9 Å². The number of ether oxygens (including phenoxy) is 1. The average Bonchev–Trinajstić information content (AvgIpc) is 3.55. The molecular formula is C30H33ClN2O6. The van der Waals surface area contributed by atoms with Crippen molar-refractivity contribution in [2.24, 2.45) is 11.8 Å². The largest absolute Gasteiger partial charge is 0.481 e. The number of nitrogens with zero attached hydrogens (tertiary/aromatic N) is 2. The second-order valence-electron chi connectivity index (χ2n) is 10.6. The molecule has 3 aliphatic heterocycles. The number of carbonyl (C=O) groups is 3. The summed E-state index contributed by atoms with van der Waals surface area (Å²) in [6, 6.07) is 14.4. The lowest BCUT2D eigenvalue weighted by Crippen LogP contribution is -2.59. The molecule has 0 saturated carbocycles. The molecular weight excluding hydrogens is 520 g/mol. The molecule has 3 aliphatic rings. The summed E-state index contributed by atoms with van der Waals surface area (Å²) in [5, 5.41) is 21.2. The third-order valence-corrected chi connectivity index (χ3v) is 9.08. The van der Waals surface area contributed by atoms with Gasteiger partial charge in [-0.1, -0.05) is 67.1 Å². The summed E-state index contributed by atoms with van der Waals surface area (Å²) in [4.78, 5) is 44.4. The van der Waals surface area contributed by atoms with Gasteiger partial charge in [0.15, 0.2) is 0 Å². The highest BCUT2D eigenvalue weighted by atomic mass is 35.5. The van der Waals surface area contributed by atoms with E-state index >= 15 is 0 Å². The van der Waals surface area contributed by atoms with Crippen molar-refractivity contribution in [3.63, 3.8) is 0 Å². The van der Waals surface area contributed by atoms with Crippen molar-refractivity contribution in [2.45, 2.75) is 55.9 Å². The van der Waals surface area contributed by atoms with Gasteiger partial charge in [-0.25, -0.2) is 0 Å². The van der Waals surface area contributed by atoms with Crippen molar-refractivity contribution in [3.8, 4) is 0 Å². The summed E-state index contributed by atoms with van der Waals surface area (Å²) in [5.74, 6) is -4.15. The number of carbonyl (C=O) groups excluding carboxylic acids is 2. The highest BCUT2D eigenvalue weighted by Crippen LogP contribution is 2.64. The number of benzene rings is 2. The first kappa shape index (κ1) is 27.4. The molecule has 9 heteroatoms. The Hall–Kier alpha value is -3.20. The number of hydrogen-bond donors (Lipinski definition) is 2. The van der Waals surface area contributed by atoms with Gasteiger partial charge < -0.3 is 24.7 Å². The SMILES string of the molecule is C=CCN(C(=O)C1N([C@@H](CO)Cc2ccccc2)C(=O)[C@@H]2[C@H](C(=O)O)[C@]3(CC)CCC12O3)c1ccccc1Cl. The predicted octanol–water partition coefficient (Wildman–Crippen LogP) is 3.70. The minimum Gasteiger partial charge on any atom is -0.481 e. The molecule has 0 radical (unpaired) electrons. The minimum atomic E-state index is -1.34. The molecule has 3 saturated heterocycles. The number of carboxylic acid groups (broad SMARTS) is 1. The van der Waals surface area contributed by atoms with Gasteiger partial charge >= 0.3 is 5.97 Å². The van der Waals surface area contributed by atoms with Crippen LogP contribution in [0.15, 0.2) is 67.3 Å². The lowest BCUT2D eigenvalue weighted by molar-refractivity contribution is -0.157. The number of rotatable bonds is 10. The number of carboxylic acids is 1. The number of aliphatic carboxylic acids is 1. The summed E-state index contributed by atoms with van der Waals surface area (Å²) < 4.78 is 6.64. The predicted molar refractivity (Wildman–Crippen MR) is 146 cm³/mol. The number of hydrogen-bond acceptors (Lipinski definition) is 5. The van der Waals surface area contributed by atoms with E-state index in [4.69, 9.17) is 16.3 Å². The van der Waals surface area contributed by atoms with Crippen molar-refractivity contribution in [1.29, 1.82) is 0 Å². The van der Waals surface area contributed by atoms with E-state index in [0.29, 0.717) is 36.4 Å². The van der Waals surface area contributed by atoms with Crippen LogP contribution in [0.5, 0.6) is 0 Å². The third-order valence-electron chi connectivity index (χ3n) is 8.76. The van der Waals surface area contributed by atoms with Crippen LogP contribution in [0.1, 0.15) is 31.7 Å². The van der Waals surface area contributed by atoms with Crippen LogP contribution < -0.4 is 4.90 Å². The fourth-order valence-corrected chi connectivity index (χ4v) is 7.33. The second kappa shape index (κ2) is 10.4. The molecule has 8 nitrogen and oxygen atoms in total. The summed E-state index contributed by atoms with van der Waals surface area (Å²) in [7, 11) is 0. The summed E-state index contributed by atoms with van der Waals surface area (Å²) in [6.45, 7) is 5.38. The first-order chi connectivity index (χ1) is 18.7. The minimum absolute atomic E-state index is 0.117. The van der Waals surface area contributed by atoms with Crippen molar-refractivity contribution in [2.75, 3.05) is 18.1 Å². The van der Waals surface area contributed by atoms with E-state index in [-0.39, 0.29) is 6.54 Å². The van der Waals surface area contributed by atoms with E-state index in [9.17, 15) is 24.6 Å². The summed E-state index contributed by atoms with van der Waals surface area (Å²) in [5.41, 5.74) is -1.03. The number of likely N-dealkylation sites (tertiary alicyclic amines) is 1. The fourth-order valence-electron chi connectivity index (χ4n) is 7.10. The maximum atomic E-state index is 14.6. The van der Waals surface area contributed by atoms with Crippen LogP contribution in [0.2, 0.25) is 5.02 Å². The zero-order chi connectivity index (χ0) is 27.9. The lowest BCUT2D eigenvalue weighted by atomic mass is 9.65. The Balaban J connectivity index is 1.65. The Labute approximate surface area is 232 Å². The zero-order valence-electron chi connectivity index (χ0n) is 21.8. The van der Waals surface area contributed by atoms with E-state index in [1.54, 1.807) is 30.3 Å². The Morgan fingerprint density at radius 1 is 1.21 bits per heavy atom. The maximum absolute atomic E-state index is 14.6. The molecule has 6 atom stereocenters. The van der Waals surface area contributed by atoms with Crippen LogP contribution in [0.3, 0.4) is 0 Å². The van der Waals surface area contributed by atoms with Gasteiger partial charge in [-0.15, -0.1) is 6.58 Å². The average molecular weight is 553 g/mol. The van der Waals surface area contributed by atoms with Crippen molar-refractivity contribution < 1.29 is 29.3 Å². The van der Waals surface area contributed by atoms with Crippen LogP contribution in [0, 0.1) is 11.8 Å². The molecule has 5 rings (SSSR count). The van der Waals surface area contributed by atoms with Gasteiger partial charge in [0, 0.05) is 6.54 Å². The Bertz CT molecular complexity index is 1290. The van der Waals surface area contributed by atoms with Gasteiger partial charge in [0.2, 0.25) is 5.91 Å². The topological polar surface area (TPSA) is 107 Å². The number of halogens is 1. The summed E-state index contributed by atoms with van der Waals surface area (Å²) >= 11 is 6.51. The number of aliphatic hydroxyl groups is 1. The Morgan fingerprint density at radius 3 is 2.51 bits per heavy atom. The first-order valence-corrected chi connectivity index (χ1v) is 13.7. The summed E-state index contributed by atoms with van der Waals surface area (Å²) in [6.07, 6.45) is 3.07. The highest BCUT2D eigenvalue weighted by molar-refractivity contribution is 6.34. The molecule has 39 heavy (non-hydrogen) atoms. The number of anilines is 1.